The fourth-order valence-electron chi connectivity index (χ4n) is 1.61. The summed E-state index contributed by atoms with van der Waals surface area (Å²) in [6.45, 7) is 5.24. The molecule has 0 heterocycles. The van der Waals surface area contributed by atoms with E-state index in [-0.39, 0.29) is 12.3 Å². The molecule has 0 aliphatic carbocycles. The van der Waals surface area contributed by atoms with Crippen LogP contribution in [-0.4, -0.2) is 25.8 Å². The standard InChI is InChI=1S/C14H22N2O3/c1-3-4-5-18-6-7-19-14(17)11-8-10(2)9-12(15)13(11)16/h8-9H,3-7,15-16H2,1-2H3. The molecule has 1 aromatic carbocycles. The van der Waals surface area contributed by atoms with E-state index in [1.54, 1.807) is 12.1 Å². The van der Waals surface area contributed by atoms with Gasteiger partial charge in [0.1, 0.15) is 6.61 Å². The molecule has 0 amide bonds. The second-order valence-electron chi connectivity index (χ2n) is 4.42. The van der Waals surface area contributed by atoms with Crippen LogP contribution in [-0.2, 0) is 9.47 Å². The molecule has 19 heavy (non-hydrogen) atoms. The minimum absolute atomic E-state index is 0.218. The van der Waals surface area contributed by atoms with Crippen LogP contribution in [0.2, 0.25) is 0 Å². The predicted octanol–water partition coefficient (Wildman–Crippen LogP) is 2.13. The van der Waals surface area contributed by atoms with Gasteiger partial charge < -0.3 is 20.9 Å². The van der Waals surface area contributed by atoms with Gasteiger partial charge in [-0.1, -0.05) is 13.3 Å². The monoisotopic (exact) mass is 266 g/mol. The predicted molar refractivity (Wildman–Crippen MR) is 76.0 cm³/mol. The molecule has 0 saturated carbocycles. The Labute approximate surface area is 113 Å². The second-order valence-corrected chi connectivity index (χ2v) is 4.42. The molecule has 1 aromatic rings. The van der Waals surface area contributed by atoms with Gasteiger partial charge in [-0.3, -0.25) is 0 Å². The number of benzene rings is 1. The first kappa shape index (κ1) is 15.3. The van der Waals surface area contributed by atoms with E-state index in [1.807, 2.05) is 6.92 Å². The Hall–Kier alpha value is -1.75. The molecule has 0 unspecified atom stereocenters. The number of carbonyl (C=O) groups is 1. The highest BCUT2D eigenvalue weighted by molar-refractivity contribution is 5.98. The highest BCUT2D eigenvalue weighted by Gasteiger charge is 2.13. The number of unbranched alkanes of at least 4 members (excludes halogenated alkanes) is 1. The van der Waals surface area contributed by atoms with Gasteiger partial charge in [0.05, 0.1) is 23.5 Å². The van der Waals surface area contributed by atoms with Crippen LogP contribution in [0.4, 0.5) is 11.4 Å². The van der Waals surface area contributed by atoms with Crippen molar-refractivity contribution in [2.45, 2.75) is 26.7 Å². The van der Waals surface area contributed by atoms with E-state index in [2.05, 4.69) is 6.92 Å². The third-order valence-electron chi connectivity index (χ3n) is 2.68. The summed E-state index contributed by atoms with van der Waals surface area (Å²) in [5.41, 5.74) is 13.3. The lowest BCUT2D eigenvalue weighted by atomic mass is 10.1. The van der Waals surface area contributed by atoms with Crippen molar-refractivity contribution in [1.29, 1.82) is 0 Å². The fraction of sp³-hybridized carbons (Fsp3) is 0.500. The quantitative estimate of drug-likeness (QED) is 0.448. The summed E-state index contributed by atoms with van der Waals surface area (Å²) in [6, 6.07) is 3.39. The average Bonchev–Trinajstić information content (AvgIpc) is 2.37. The number of esters is 1. The topological polar surface area (TPSA) is 87.6 Å². The molecular weight excluding hydrogens is 244 g/mol. The summed E-state index contributed by atoms with van der Waals surface area (Å²) in [5.74, 6) is -0.466. The van der Waals surface area contributed by atoms with Crippen LogP contribution < -0.4 is 11.5 Å². The molecule has 0 aromatic heterocycles. The third-order valence-corrected chi connectivity index (χ3v) is 2.68. The van der Waals surface area contributed by atoms with Crippen LogP contribution in [0.3, 0.4) is 0 Å². The molecule has 0 spiro atoms. The number of anilines is 2. The Morgan fingerprint density at radius 1 is 1.21 bits per heavy atom. The lowest BCUT2D eigenvalue weighted by Crippen LogP contribution is -2.14. The minimum Gasteiger partial charge on any atom is -0.460 e. The highest BCUT2D eigenvalue weighted by atomic mass is 16.6. The molecule has 1 rings (SSSR count). The van der Waals surface area contributed by atoms with E-state index >= 15 is 0 Å². The third kappa shape index (κ3) is 4.79. The largest absolute Gasteiger partial charge is 0.460 e. The first-order valence-corrected chi connectivity index (χ1v) is 6.46. The van der Waals surface area contributed by atoms with Crippen molar-refractivity contribution in [2.24, 2.45) is 0 Å². The molecule has 5 heteroatoms. The summed E-state index contributed by atoms with van der Waals surface area (Å²) in [5, 5.41) is 0. The molecule has 0 radical (unpaired) electrons. The first-order valence-electron chi connectivity index (χ1n) is 6.46. The van der Waals surface area contributed by atoms with Gasteiger partial charge in [0.15, 0.2) is 0 Å². The van der Waals surface area contributed by atoms with Crippen molar-refractivity contribution in [3.05, 3.63) is 23.3 Å². The first-order chi connectivity index (χ1) is 9.06. The van der Waals surface area contributed by atoms with E-state index in [0.29, 0.717) is 24.5 Å². The second kappa shape index (κ2) is 7.63. The molecular formula is C14H22N2O3. The lowest BCUT2D eigenvalue weighted by Gasteiger charge is -2.10. The number of nitrogen functional groups attached to an aromatic ring is 2. The molecule has 0 aliphatic heterocycles. The molecule has 0 atom stereocenters. The van der Waals surface area contributed by atoms with E-state index in [9.17, 15) is 4.79 Å². The van der Waals surface area contributed by atoms with Gasteiger partial charge in [-0.05, 0) is 31.0 Å². The highest BCUT2D eigenvalue weighted by Crippen LogP contribution is 2.22. The van der Waals surface area contributed by atoms with Gasteiger partial charge in [0, 0.05) is 6.61 Å². The van der Waals surface area contributed by atoms with Crippen LogP contribution in [0.15, 0.2) is 12.1 Å². The lowest BCUT2D eigenvalue weighted by molar-refractivity contribution is 0.0315. The van der Waals surface area contributed by atoms with Gasteiger partial charge in [-0.25, -0.2) is 4.79 Å². The fourth-order valence-corrected chi connectivity index (χ4v) is 1.61. The normalized spacial score (nSPS) is 10.4. The van der Waals surface area contributed by atoms with Gasteiger partial charge in [-0.15, -0.1) is 0 Å². The minimum atomic E-state index is -0.466. The number of aryl methyl sites for hydroxylation is 1. The Balaban J connectivity index is 2.46. The van der Waals surface area contributed by atoms with Crippen LogP contribution >= 0.6 is 0 Å². The number of hydrogen-bond donors (Lipinski definition) is 2. The van der Waals surface area contributed by atoms with Crippen molar-refractivity contribution in [1.82, 2.24) is 0 Å². The van der Waals surface area contributed by atoms with E-state index in [4.69, 9.17) is 20.9 Å². The van der Waals surface area contributed by atoms with Crippen molar-refractivity contribution in [3.63, 3.8) is 0 Å². The Bertz CT molecular complexity index is 433. The molecule has 0 fully saturated rings. The van der Waals surface area contributed by atoms with Crippen molar-refractivity contribution in [3.8, 4) is 0 Å². The van der Waals surface area contributed by atoms with Crippen LogP contribution in [0, 0.1) is 6.92 Å². The summed E-state index contributed by atoms with van der Waals surface area (Å²) in [7, 11) is 0. The molecule has 0 aliphatic rings. The maximum absolute atomic E-state index is 11.8. The van der Waals surface area contributed by atoms with Crippen molar-refractivity contribution in [2.75, 3.05) is 31.3 Å². The van der Waals surface area contributed by atoms with Crippen molar-refractivity contribution >= 4 is 17.3 Å². The SMILES string of the molecule is CCCCOCCOC(=O)c1cc(C)cc(N)c1N. The Kier molecular flexibility index (Phi) is 6.15. The molecule has 4 N–H and O–H groups in total. The maximum Gasteiger partial charge on any atom is 0.340 e. The van der Waals surface area contributed by atoms with Crippen LogP contribution in [0.25, 0.3) is 0 Å². The number of nitrogens with two attached hydrogens (primary N) is 2. The molecule has 0 bridgehead atoms. The average molecular weight is 266 g/mol. The van der Waals surface area contributed by atoms with Gasteiger partial charge >= 0.3 is 5.97 Å². The van der Waals surface area contributed by atoms with E-state index in [0.717, 1.165) is 18.4 Å². The summed E-state index contributed by atoms with van der Waals surface area (Å²) in [6.07, 6.45) is 2.09. The zero-order valence-corrected chi connectivity index (χ0v) is 11.6. The van der Waals surface area contributed by atoms with Crippen LogP contribution in [0.1, 0.15) is 35.7 Å². The smallest absolute Gasteiger partial charge is 0.340 e. The van der Waals surface area contributed by atoms with E-state index < -0.39 is 5.97 Å². The molecule has 106 valence electrons. The van der Waals surface area contributed by atoms with Gasteiger partial charge in [-0.2, -0.15) is 0 Å². The van der Waals surface area contributed by atoms with Crippen molar-refractivity contribution < 1.29 is 14.3 Å². The van der Waals surface area contributed by atoms with Crippen LogP contribution in [0.5, 0.6) is 0 Å². The molecule has 5 nitrogen and oxygen atoms in total. The van der Waals surface area contributed by atoms with E-state index in [1.165, 1.54) is 0 Å². The van der Waals surface area contributed by atoms with Gasteiger partial charge in [0.25, 0.3) is 0 Å². The summed E-state index contributed by atoms with van der Waals surface area (Å²) < 4.78 is 10.4. The number of hydrogen-bond acceptors (Lipinski definition) is 5. The zero-order valence-electron chi connectivity index (χ0n) is 11.6. The molecule has 0 saturated heterocycles. The Morgan fingerprint density at radius 2 is 1.95 bits per heavy atom. The van der Waals surface area contributed by atoms with Gasteiger partial charge in [0.2, 0.25) is 0 Å². The number of ether oxygens (including phenoxy) is 2. The number of rotatable bonds is 7. The maximum atomic E-state index is 11.8. The zero-order chi connectivity index (χ0) is 14.3. The number of carbonyl (C=O) groups excluding carboxylic acids is 1. The summed E-state index contributed by atoms with van der Waals surface area (Å²) >= 11 is 0. The summed E-state index contributed by atoms with van der Waals surface area (Å²) in [4.78, 5) is 11.8. The Morgan fingerprint density at radius 3 is 2.63 bits per heavy atom.